The van der Waals surface area contributed by atoms with E-state index in [1.807, 2.05) is 27.7 Å². The Hall–Kier alpha value is 0. The minimum absolute atomic E-state index is 0.884. The van der Waals surface area contributed by atoms with Gasteiger partial charge in [0.05, 0.1) is 0 Å². The van der Waals surface area contributed by atoms with E-state index in [9.17, 15) is 0 Å². The van der Waals surface area contributed by atoms with Gasteiger partial charge in [-0.2, -0.15) is 0 Å². The summed E-state index contributed by atoms with van der Waals surface area (Å²) >= 11 is 0. The lowest BCUT2D eigenvalue weighted by atomic mass is 9.88. The Labute approximate surface area is 134 Å². The van der Waals surface area contributed by atoms with Crippen LogP contribution in [0.4, 0.5) is 0 Å². The van der Waals surface area contributed by atoms with Crippen LogP contribution in [-0.4, -0.2) is 0 Å². The molecule has 1 aliphatic carbocycles. The first-order chi connectivity index (χ1) is 9.49. The summed E-state index contributed by atoms with van der Waals surface area (Å²) in [5.74, 6) is 1.95. The van der Waals surface area contributed by atoms with Gasteiger partial charge in [-0.05, 0) is 11.8 Å². The summed E-state index contributed by atoms with van der Waals surface area (Å²) in [6.07, 6.45) is 8.27. The third-order valence-electron chi connectivity index (χ3n) is 2.21. The smallest absolute Gasteiger partial charge is 0.0443 e. The Kier molecular flexibility index (Phi) is 68.6. The number of hydrogen-bond acceptors (Lipinski definition) is 0. The van der Waals surface area contributed by atoms with Gasteiger partial charge in [0, 0.05) is 0 Å². The quantitative estimate of drug-likeness (QED) is 0.452. The highest BCUT2D eigenvalue weighted by Gasteiger charge is 2.09. The molecule has 0 aliphatic heterocycles. The molecular formula is C20H50. The lowest BCUT2D eigenvalue weighted by molar-refractivity contribution is 0.346. The minimum atomic E-state index is 0.884. The van der Waals surface area contributed by atoms with E-state index in [-0.39, 0.29) is 0 Å². The number of hydrogen-bond donors (Lipinski definition) is 0. The molecule has 0 heteroatoms. The van der Waals surface area contributed by atoms with Crippen molar-refractivity contribution >= 4 is 0 Å². The van der Waals surface area contributed by atoms with Crippen LogP contribution in [-0.2, 0) is 0 Å². The molecule has 0 N–H and O–H groups in total. The van der Waals surface area contributed by atoms with Crippen molar-refractivity contribution in [1.82, 2.24) is 0 Å². The van der Waals surface area contributed by atoms with E-state index in [0.29, 0.717) is 0 Å². The van der Waals surface area contributed by atoms with Gasteiger partial charge < -0.3 is 0 Å². The van der Waals surface area contributed by atoms with Crippen molar-refractivity contribution in [2.24, 2.45) is 11.8 Å². The van der Waals surface area contributed by atoms with Crippen LogP contribution in [0.3, 0.4) is 0 Å². The normalized spacial score (nSPS) is 11.2. The molecular weight excluding hydrogens is 240 g/mol. The summed E-state index contributed by atoms with van der Waals surface area (Å²) in [5.41, 5.74) is 0. The van der Waals surface area contributed by atoms with Gasteiger partial charge in [0.1, 0.15) is 0 Å². The molecule has 1 saturated carbocycles. The average molecular weight is 291 g/mol. The minimum Gasteiger partial charge on any atom is -0.0683 e. The average Bonchev–Trinajstić information content (AvgIpc) is 2.43. The fraction of sp³-hybridized carbons (Fsp3) is 1.00. The first kappa shape index (κ1) is 32.1. The highest BCUT2D eigenvalue weighted by atomic mass is 14.1. The first-order valence-corrected chi connectivity index (χ1v) is 9.49. The van der Waals surface area contributed by atoms with Gasteiger partial charge in [-0.25, -0.2) is 0 Å². The number of rotatable bonds is 1. The van der Waals surface area contributed by atoms with E-state index < -0.39 is 0 Å². The Bertz CT molecular complexity index is 74.0. The van der Waals surface area contributed by atoms with Gasteiger partial charge >= 0.3 is 0 Å². The van der Waals surface area contributed by atoms with E-state index >= 15 is 0 Å². The molecule has 20 heavy (non-hydrogen) atoms. The van der Waals surface area contributed by atoms with Crippen LogP contribution in [0.15, 0.2) is 0 Å². The standard InChI is InChI=1S/C5H10.C5H12.2C3H8.2C2H6/c1-5-3-2-4-5;1-4-5(2)3;2*1-3-2;2*1-2/h5H,2-4H2,1H3;5H,4H2,1-3H3;2*3H2,1-2H3;2*1-2H3. The van der Waals surface area contributed by atoms with Crippen molar-refractivity contribution in [1.29, 1.82) is 0 Å². The third kappa shape index (κ3) is 81.3. The van der Waals surface area contributed by atoms with Crippen molar-refractivity contribution in [2.75, 3.05) is 0 Å². The van der Waals surface area contributed by atoms with Gasteiger partial charge in [-0.1, -0.05) is 122 Å². The van der Waals surface area contributed by atoms with E-state index in [1.165, 1.54) is 38.5 Å². The Balaban J connectivity index is -0.0000000473. The largest absolute Gasteiger partial charge is 0.0683 e. The summed E-state index contributed by atoms with van der Waals surface area (Å²) in [6, 6.07) is 0. The summed E-state index contributed by atoms with van der Waals surface area (Å²) in [6.45, 7) is 25.5. The molecule has 0 aromatic heterocycles. The van der Waals surface area contributed by atoms with Crippen LogP contribution in [0.25, 0.3) is 0 Å². The Morgan fingerprint density at radius 1 is 0.750 bits per heavy atom. The van der Waals surface area contributed by atoms with Crippen LogP contribution in [0.2, 0.25) is 0 Å². The molecule has 1 aliphatic rings. The molecule has 0 aromatic carbocycles. The SMILES string of the molecule is CC.CC.CC1CCC1.CCC.CCC.CCC(C)C. The van der Waals surface area contributed by atoms with Gasteiger partial charge in [-0.3, -0.25) is 0 Å². The van der Waals surface area contributed by atoms with Gasteiger partial charge in [-0.15, -0.1) is 0 Å². The highest BCUT2D eigenvalue weighted by Crippen LogP contribution is 2.24. The predicted octanol–water partition coefficient (Wildman–Crippen LogP) is 8.74. The lowest BCUT2D eigenvalue weighted by Gasteiger charge is -2.18. The first-order valence-electron chi connectivity index (χ1n) is 9.49. The Morgan fingerprint density at radius 2 is 0.900 bits per heavy atom. The molecule has 130 valence electrons. The van der Waals surface area contributed by atoms with Crippen LogP contribution in [0, 0.1) is 11.8 Å². The van der Waals surface area contributed by atoms with E-state index in [0.717, 1.165) is 11.8 Å². The van der Waals surface area contributed by atoms with Crippen molar-refractivity contribution in [3.05, 3.63) is 0 Å². The van der Waals surface area contributed by atoms with Crippen molar-refractivity contribution < 1.29 is 0 Å². The van der Waals surface area contributed by atoms with Crippen molar-refractivity contribution in [3.63, 3.8) is 0 Å². The summed E-state index contributed by atoms with van der Waals surface area (Å²) in [5, 5.41) is 0. The monoisotopic (exact) mass is 290 g/mol. The molecule has 0 radical (unpaired) electrons. The molecule has 0 aromatic rings. The third-order valence-corrected chi connectivity index (χ3v) is 2.21. The van der Waals surface area contributed by atoms with Gasteiger partial charge in [0.15, 0.2) is 0 Å². The van der Waals surface area contributed by atoms with Crippen LogP contribution in [0.5, 0.6) is 0 Å². The molecule has 0 heterocycles. The van der Waals surface area contributed by atoms with Gasteiger partial charge in [0.2, 0.25) is 0 Å². The fourth-order valence-electron chi connectivity index (χ4n) is 0.612. The molecule has 0 bridgehead atoms. The second kappa shape index (κ2) is 42.8. The molecule has 1 fully saturated rings. The zero-order valence-electron chi connectivity index (χ0n) is 17.4. The summed E-state index contributed by atoms with van der Waals surface area (Å²) in [7, 11) is 0. The van der Waals surface area contributed by atoms with Crippen LogP contribution >= 0.6 is 0 Å². The molecule has 0 amide bonds. The summed E-state index contributed by atoms with van der Waals surface area (Å²) in [4.78, 5) is 0. The second-order valence-corrected chi connectivity index (χ2v) is 5.25. The van der Waals surface area contributed by atoms with E-state index in [1.54, 1.807) is 0 Å². The topological polar surface area (TPSA) is 0 Å². The maximum absolute atomic E-state index is 2.31. The van der Waals surface area contributed by atoms with Crippen LogP contribution in [0.1, 0.15) is 122 Å². The second-order valence-electron chi connectivity index (χ2n) is 5.25. The maximum atomic E-state index is 2.31. The molecule has 0 spiro atoms. The fourth-order valence-corrected chi connectivity index (χ4v) is 0.612. The zero-order chi connectivity index (χ0) is 17.4. The van der Waals surface area contributed by atoms with E-state index in [4.69, 9.17) is 0 Å². The van der Waals surface area contributed by atoms with Crippen molar-refractivity contribution in [3.8, 4) is 0 Å². The highest BCUT2D eigenvalue weighted by molar-refractivity contribution is 4.62. The maximum Gasteiger partial charge on any atom is -0.0443 e. The summed E-state index contributed by atoms with van der Waals surface area (Å²) < 4.78 is 0. The lowest BCUT2D eigenvalue weighted by Crippen LogP contribution is -2.04. The molecule has 0 unspecified atom stereocenters. The predicted molar refractivity (Wildman–Crippen MR) is 103 cm³/mol. The molecule has 1 rings (SSSR count). The van der Waals surface area contributed by atoms with Crippen molar-refractivity contribution in [2.45, 2.75) is 122 Å². The molecule has 0 nitrogen and oxygen atoms in total. The molecule has 0 saturated heterocycles. The van der Waals surface area contributed by atoms with Gasteiger partial charge in [0.25, 0.3) is 0 Å². The van der Waals surface area contributed by atoms with E-state index in [2.05, 4.69) is 55.4 Å². The zero-order valence-corrected chi connectivity index (χ0v) is 17.4. The molecule has 0 atom stereocenters. The Morgan fingerprint density at radius 3 is 0.900 bits per heavy atom. The van der Waals surface area contributed by atoms with Crippen LogP contribution < -0.4 is 0 Å².